The van der Waals surface area contributed by atoms with Crippen LogP contribution in [0.15, 0.2) is 42.7 Å². The van der Waals surface area contributed by atoms with Gasteiger partial charge in [-0.1, -0.05) is 6.07 Å². The van der Waals surface area contributed by atoms with E-state index in [2.05, 4.69) is 20.4 Å². The van der Waals surface area contributed by atoms with E-state index in [0.29, 0.717) is 23.0 Å². The topological polar surface area (TPSA) is 77.9 Å². The lowest BCUT2D eigenvalue weighted by atomic mass is 9.83. The van der Waals surface area contributed by atoms with E-state index in [1.807, 2.05) is 36.2 Å². The van der Waals surface area contributed by atoms with Crippen molar-refractivity contribution in [2.75, 3.05) is 11.9 Å². The molecule has 2 bridgehead atoms. The number of aromatic amines is 1. The Bertz CT molecular complexity index is 991. The predicted molar refractivity (Wildman–Crippen MR) is 109 cm³/mol. The summed E-state index contributed by atoms with van der Waals surface area (Å²) in [4.78, 5) is 1.94. The van der Waals surface area contributed by atoms with Gasteiger partial charge in [-0.15, -0.1) is 10.2 Å². The van der Waals surface area contributed by atoms with E-state index in [0.717, 1.165) is 36.8 Å². The van der Waals surface area contributed by atoms with Gasteiger partial charge in [0.25, 0.3) is 0 Å². The SMILES string of the molecule is CN(c1ccc(-c2ccc(-c3cn[nH]c3)cc2O)nn1)[C@H]1C[C@@H]2CC[C@@H](C2)[C@H]1F. The van der Waals surface area contributed by atoms with Gasteiger partial charge in [0.2, 0.25) is 0 Å². The van der Waals surface area contributed by atoms with E-state index in [-0.39, 0.29) is 17.7 Å². The Kier molecular flexibility index (Phi) is 4.45. The number of phenolic OH excluding ortho intramolecular Hbond substituents is 1. The van der Waals surface area contributed by atoms with Crippen LogP contribution in [-0.4, -0.2) is 44.8 Å². The Morgan fingerprint density at radius 2 is 2.00 bits per heavy atom. The maximum Gasteiger partial charge on any atom is 0.151 e. The first kappa shape index (κ1) is 18.1. The highest BCUT2D eigenvalue weighted by atomic mass is 19.1. The second-order valence-electron chi connectivity index (χ2n) is 8.29. The van der Waals surface area contributed by atoms with E-state index in [1.54, 1.807) is 18.5 Å². The standard InChI is InChI=1S/C22H24FN5O/c1-28(19-9-13-2-3-15(8-13)22(19)23)21-7-6-18(26-27-21)17-5-4-14(10-20(17)29)16-11-24-25-12-16/h4-7,10-13,15,19,22,29H,2-3,8-9H2,1H3,(H,24,25)/t13-,15+,19+,22-/m1/s1. The molecular weight excluding hydrogens is 369 g/mol. The molecule has 0 spiro atoms. The van der Waals surface area contributed by atoms with Gasteiger partial charge >= 0.3 is 0 Å². The molecule has 7 heteroatoms. The fourth-order valence-corrected chi connectivity index (χ4v) is 4.94. The summed E-state index contributed by atoms with van der Waals surface area (Å²) >= 11 is 0. The Hall–Kier alpha value is -2.96. The molecule has 0 saturated heterocycles. The molecule has 2 aliphatic rings. The maximum absolute atomic E-state index is 14.9. The number of hydrogen-bond donors (Lipinski definition) is 2. The first-order valence-electron chi connectivity index (χ1n) is 10.1. The smallest absolute Gasteiger partial charge is 0.151 e. The van der Waals surface area contributed by atoms with Crippen molar-refractivity contribution in [3.63, 3.8) is 0 Å². The van der Waals surface area contributed by atoms with Gasteiger partial charge in [-0.25, -0.2) is 4.39 Å². The Morgan fingerprint density at radius 1 is 1.10 bits per heavy atom. The lowest BCUT2D eigenvalue weighted by molar-refractivity contribution is 0.144. The van der Waals surface area contributed by atoms with Crippen molar-refractivity contribution in [2.24, 2.45) is 11.8 Å². The van der Waals surface area contributed by atoms with Gasteiger partial charge in [0.15, 0.2) is 5.82 Å². The Labute approximate surface area is 168 Å². The molecule has 6 nitrogen and oxygen atoms in total. The number of anilines is 1. The van der Waals surface area contributed by atoms with Gasteiger partial charge < -0.3 is 10.0 Å². The van der Waals surface area contributed by atoms with Crippen LogP contribution >= 0.6 is 0 Å². The number of aromatic hydroxyl groups is 1. The second-order valence-corrected chi connectivity index (χ2v) is 8.29. The van der Waals surface area contributed by atoms with Crippen molar-refractivity contribution in [1.29, 1.82) is 0 Å². The minimum atomic E-state index is -0.806. The fourth-order valence-electron chi connectivity index (χ4n) is 4.94. The number of rotatable bonds is 4. The summed E-state index contributed by atoms with van der Waals surface area (Å²) in [5.41, 5.74) is 2.96. The second kappa shape index (κ2) is 7.13. The van der Waals surface area contributed by atoms with Crippen LogP contribution in [0.1, 0.15) is 25.7 Å². The van der Waals surface area contributed by atoms with Gasteiger partial charge in [0.1, 0.15) is 11.9 Å². The molecule has 5 rings (SSSR count). The molecule has 2 aromatic heterocycles. The van der Waals surface area contributed by atoms with Crippen molar-refractivity contribution < 1.29 is 9.50 Å². The summed E-state index contributed by atoms with van der Waals surface area (Å²) in [5, 5.41) is 25.8. The minimum Gasteiger partial charge on any atom is -0.507 e. The third-order valence-electron chi connectivity index (χ3n) is 6.59. The van der Waals surface area contributed by atoms with Crippen LogP contribution in [0.2, 0.25) is 0 Å². The minimum absolute atomic E-state index is 0.131. The molecule has 0 radical (unpaired) electrons. The quantitative estimate of drug-likeness (QED) is 0.695. The molecule has 2 saturated carbocycles. The predicted octanol–water partition coefficient (Wildman–Crippen LogP) is 4.20. The lowest BCUT2D eigenvalue weighted by Gasteiger charge is -2.38. The van der Waals surface area contributed by atoms with E-state index in [9.17, 15) is 9.50 Å². The maximum atomic E-state index is 14.9. The van der Waals surface area contributed by atoms with Crippen molar-refractivity contribution in [2.45, 2.75) is 37.9 Å². The van der Waals surface area contributed by atoms with Gasteiger partial charge in [-0.2, -0.15) is 5.10 Å². The molecule has 2 fully saturated rings. The third-order valence-corrected chi connectivity index (χ3v) is 6.59. The molecular formula is C22H24FN5O. The van der Waals surface area contributed by atoms with Gasteiger partial charge in [-0.3, -0.25) is 5.10 Å². The lowest BCUT2D eigenvalue weighted by Crippen LogP contribution is -2.46. The van der Waals surface area contributed by atoms with Gasteiger partial charge in [-0.05, 0) is 67.3 Å². The van der Waals surface area contributed by atoms with Crippen LogP contribution in [0.25, 0.3) is 22.4 Å². The Morgan fingerprint density at radius 3 is 2.72 bits per heavy atom. The number of phenols is 1. The van der Waals surface area contributed by atoms with Crippen molar-refractivity contribution >= 4 is 5.82 Å². The molecule has 4 atom stereocenters. The van der Waals surface area contributed by atoms with Crippen LogP contribution < -0.4 is 4.90 Å². The number of hydrogen-bond acceptors (Lipinski definition) is 5. The first-order chi connectivity index (χ1) is 14.1. The van der Waals surface area contributed by atoms with E-state index >= 15 is 0 Å². The number of halogens is 1. The molecule has 150 valence electrons. The molecule has 1 aromatic carbocycles. The normalized spacial score (nSPS) is 25.9. The Balaban J connectivity index is 1.36. The summed E-state index contributed by atoms with van der Waals surface area (Å²) in [6, 6.07) is 8.97. The monoisotopic (exact) mass is 393 g/mol. The average Bonchev–Trinajstić information content (AvgIpc) is 3.41. The zero-order chi connectivity index (χ0) is 20.0. The molecule has 2 heterocycles. The van der Waals surface area contributed by atoms with E-state index in [4.69, 9.17) is 0 Å². The summed E-state index contributed by atoms with van der Waals surface area (Å²) in [7, 11) is 1.91. The van der Waals surface area contributed by atoms with Crippen LogP contribution in [0.5, 0.6) is 5.75 Å². The van der Waals surface area contributed by atoms with Gasteiger partial charge in [0.05, 0.1) is 17.9 Å². The fraction of sp³-hybridized carbons (Fsp3) is 0.409. The molecule has 2 N–H and O–H groups in total. The van der Waals surface area contributed by atoms with Crippen LogP contribution in [0.3, 0.4) is 0 Å². The number of benzene rings is 1. The highest BCUT2D eigenvalue weighted by Gasteiger charge is 2.44. The summed E-state index contributed by atoms with van der Waals surface area (Å²) < 4.78 is 14.9. The zero-order valence-corrected chi connectivity index (χ0v) is 16.3. The van der Waals surface area contributed by atoms with Crippen molar-refractivity contribution in [3.05, 3.63) is 42.7 Å². The third kappa shape index (κ3) is 3.24. The molecule has 3 aromatic rings. The van der Waals surface area contributed by atoms with Crippen LogP contribution in [0.4, 0.5) is 10.2 Å². The molecule has 0 unspecified atom stereocenters. The summed E-state index contributed by atoms with van der Waals surface area (Å²) in [6.07, 6.45) is 6.74. The van der Waals surface area contributed by atoms with Crippen molar-refractivity contribution in [3.8, 4) is 28.1 Å². The van der Waals surface area contributed by atoms with Gasteiger partial charge in [0, 0.05) is 24.4 Å². The number of alkyl halides is 1. The van der Waals surface area contributed by atoms with Crippen LogP contribution in [0, 0.1) is 11.8 Å². The van der Waals surface area contributed by atoms with Crippen LogP contribution in [-0.2, 0) is 0 Å². The average molecular weight is 393 g/mol. The summed E-state index contributed by atoms with van der Waals surface area (Å²) in [6.45, 7) is 0. The highest BCUT2D eigenvalue weighted by Crippen LogP contribution is 2.45. The zero-order valence-electron chi connectivity index (χ0n) is 16.3. The number of nitrogens with zero attached hydrogens (tertiary/aromatic N) is 4. The van der Waals surface area contributed by atoms with E-state index in [1.165, 1.54) is 0 Å². The highest BCUT2D eigenvalue weighted by molar-refractivity contribution is 5.73. The number of aromatic nitrogens is 4. The number of fused-ring (bicyclic) bond motifs is 2. The number of nitrogens with one attached hydrogen (secondary N) is 1. The van der Waals surface area contributed by atoms with E-state index < -0.39 is 6.17 Å². The largest absolute Gasteiger partial charge is 0.507 e. The molecule has 29 heavy (non-hydrogen) atoms. The summed E-state index contributed by atoms with van der Waals surface area (Å²) in [5.74, 6) is 1.63. The molecule has 0 amide bonds. The molecule has 2 aliphatic carbocycles. The number of H-pyrrole nitrogens is 1. The van der Waals surface area contributed by atoms with Crippen molar-refractivity contribution in [1.82, 2.24) is 20.4 Å². The molecule has 0 aliphatic heterocycles. The first-order valence-corrected chi connectivity index (χ1v) is 10.1.